The third-order valence-corrected chi connectivity index (χ3v) is 3.55. The summed E-state index contributed by atoms with van der Waals surface area (Å²) in [7, 11) is 1.62. The van der Waals surface area contributed by atoms with E-state index in [0.29, 0.717) is 12.1 Å². The van der Waals surface area contributed by atoms with Crippen molar-refractivity contribution in [2.75, 3.05) is 7.11 Å². The highest BCUT2D eigenvalue weighted by Crippen LogP contribution is 2.30. The minimum atomic E-state index is -0.152. The van der Waals surface area contributed by atoms with Crippen molar-refractivity contribution in [3.8, 4) is 16.9 Å². The molecule has 0 bridgehead atoms. The van der Waals surface area contributed by atoms with Crippen molar-refractivity contribution in [1.82, 2.24) is 5.32 Å². The molecule has 0 fully saturated rings. The average molecular weight is 307 g/mol. The molecule has 1 amide bonds. The molecule has 0 aliphatic heterocycles. The summed E-state index contributed by atoms with van der Waals surface area (Å²) in [6, 6.07) is 18.9. The van der Waals surface area contributed by atoms with E-state index in [-0.39, 0.29) is 5.91 Å². The quantitative estimate of drug-likeness (QED) is 0.778. The van der Waals surface area contributed by atoms with Crippen LogP contribution in [0.2, 0.25) is 0 Å². The van der Waals surface area contributed by atoms with Crippen LogP contribution in [0.4, 0.5) is 0 Å². The number of carbonyl (C=O) groups is 1. The number of carbonyl (C=O) groups excluding carboxylic acids is 1. The van der Waals surface area contributed by atoms with Crippen molar-refractivity contribution in [1.29, 1.82) is 0 Å². The van der Waals surface area contributed by atoms with Gasteiger partial charge in [0.1, 0.15) is 11.5 Å². The first-order valence-electron chi connectivity index (χ1n) is 7.32. The summed E-state index contributed by atoms with van der Waals surface area (Å²) in [6.07, 6.45) is 1.59. The van der Waals surface area contributed by atoms with Gasteiger partial charge in [0.05, 0.1) is 19.9 Å². The molecular weight excluding hydrogens is 290 g/mol. The maximum Gasteiger partial charge on any atom is 0.251 e. The van der Waals surface area contributed by atoms with Crippen LogP contribution in [0.5, 0.6) is 5.75 Å². The zero-order valence-corrected chi connectivity index (χ0v) is 12.8. The number of nitrogens with one attached hydrogen (secondary N) is 1. The van der Waals surface area contributed by atoms with Crippen molar-refractivity contribution in [3.05, 3.63) is 78.3 Å². The summed E-state index contributed by atoms with van der Waals surface area (Å²) < 4.78 is 10.6. The minimum absolute atomic E-state index is 0.152. The molecule has 1 aromatic heterocycles. The summed E-state index contributed by atoms with van der Waals surface area (Å²) in [5, 5.41) is 2.84. The largest absolute Gasteiger partial charge is 0.496 e. The van der Waals surface area contributed by atoms with Crippen LogP contribution in [0.3, 0.4) is 0 Å². The van der Waals surface area contributed by atoms with E-state index in [1.807, 2.05) is 48.5 Å². The first-order chi connectivity index (χ1) is 11.3. The van der Waals surface area contributed by atoms with Crippen LogP contribution in [0.1, 0.15) is 16.1 Å². The number of rotatable bonds is 5. The smallest absolute Gasteiger partial charge is 0.251 e. The topological polar surface area (TPSA) is 51.5 Å². The lowest BCUT2D eigenvalue weighted by atomic mass is 10.0. The fraction of sp³-hybridized carbons (Fsp3) is 0.105. The summed E-state index contributed by atoms with van der Waals surface area (Å²) in [5.41, 5.74) is 2.47. The number of hydrogen-bond acceptors (Lipinski definition) is 3. The van der Waals surface area contributed by atoms with Gasteiger partial charge in [-0.05, 0) is 35.9 Å². The second-order valence-corrected chi connectivity index (χ2v) is 5.04. The SMILES string of the molecule is COc1ccc(C(=O)NCc2ccco2)cc1-c1ccccc1. The normalized spacial score (nSPS) is 10.3. The van der Waals surface area contributed by atoms with Gasteiger partial charge in [0.25, 0.3) is 5.91 Å². The molecule has 4 heteroatoms. The fourth-order valence-corrected chi connectivity index (χ4v) is 2.38. The van der Waals surface area contributed by atoms with Gasteiger partial charge in [0.2, 0.25) is 0 Å². The summed E-state index contributed by atoms with van der Waals surface area (Å²) in [4.78, 5) is 12.3. The Balaban J connectivity index is 1.84. The maximum atomic E-state index is 12.3. The summed E-state index contributed by atoms with van der Waals surface area (Å²) >= 11 is 0. The van der Waals surface area contributed by atoms with Gasteiger partial charge in [-0.1, -0.05) is 30.3 Å². The number of furan rings is 1. The van der Waals surface area contributed by atoms with Crippen molar-refractivity contribution in [2.45, 2.75) is 6.54 Å². The Morgan fingerprint density at radius 1 is 1.09 bits per heavy atom. The first-order valence-corrected chi connectivity index (χ1v) is 7.32. The molecule has 0 saturated carbocycles. The third kappa shape index (κ3) is 3.43. The highest BCUT2D eigenvalue weighted by molar-refractivity contribution is 5.96. The Morgan fingerprint density at radius 3 is 2.61 bits per heavy atom. The Labute approximate surface area is 134 Å². The van der Waals surface area contributed by atoms with E-state index < -0.39 is 0 Å². The van der Waals surface area contributed by atoms with Crippen LogP contribution >= 0.6 is 0 Å². The lowest BCUT2D eigenvalue weighted by molar-refractivity contribution is 0.0948. The van der Waals surface area contributed by atoms with E-state index in [0.717, 1.165) is 22.6 Å². The molecule has 1 heterocycles. The van der Waals surface area contributed by atoms with E-state index >= 15 is 0 Å². The van der Waals surface area contributed by atoms with E-state index in [4.69, 9.17) is 9.15 Å². The number of benzene rings is 2. The highest BCUT2D eigenvalue weighted by atomic mass is 16.5. The monoisotopic (exact) mass is 307 g/mol. The van der Waals surface area contributed by atoms with E-state index in [9.17, 15) is 4.79 Å². The van der Waals surface area contributed by atoms with Crippen molar-refractivity contribution in [2.24, 2.45) is 0 Å². The maximum absolute atomic E-state index is 12.3. The lowest BCUT2D eigenvalue weighted by Gasteiger charge is -2.11. The fourth-order valence-electron chi connectivity index (χ4n) is 2.38. The van der Waals surface area contributed by atoms with Gasteiger partial charge in [0.15, 0.2) is 0 Å². The van der Waals surface area contributed by atoms with E-state index in [1.54, 1.807) is 25.5 Å². The molecule has 0 unspecified atom stereocenters. The van der Waals surface area contributed by atoms with Crippen LogP contribution in [0.25, 0.3) is 11.1 Å². The number of hydrogen-bond donors (Lipinski definition) is 1. The Hall–Kier alpha value is -3.01. The molecule has 116 valence electrons. The van der Waals surface area contributed by atoms with Gasteiger partial charge < -0.3 is 14.5 Å². The molecule has 4 nitrogen and oxygen atoms in total. The van der Waals surface area contributed by atoms with Crippen LogP contribution in [0.15, 0.2) is 71.3 Å². The van der Waals surface area contributed by atoms with Gasteiger partial charge in [-0.15, -0.1) is 0 Å². The molecule has 2 aromatic carbocycles. The second-order valence-electron chi connectivity index (χ2n) is 5.04. The van der Waals surface area contributed by atoms with Crippen LogP contribution < -0.4 is 10.1 Å². The number of amides is 1. The second kappa shape index (κ2) is 6.83. The van der Waals surface area contributed by atoms with Gasteiger partial charge >= 0.3 is 0 Å². The Bertz CT molecular complexity index is 780. The zero-order chi connectivity index (χ0) is 16.1. The average Bonchev–Trinajstić information content (AvgIpc) is 3.13. The first kappa shape index (κ1) is 14.9. The molecule has 0 atom stereocenters. The van der Waals surface area contributed by atoms with Crippen molar-refractivity contribution in [3.63, 3.8) is 0 Å². The standard InChI is InChI=1S/C19H17NO3/c1-22-18-10-9-15(12-17(18)14-6-3-2-4-7-14)19(21)20-13-16-8-5-11-23-16/h2-12H,13H2,1H3,(H,20,21). The summed E-state index contributed by atoms with van der Waals surface area (Å²) in [6.45, 7) is 0.360. The van der Waals surface area contributed by atoms with Gasteiger partial charge in [-0.25, -0.2) is 0 Å². The molecule has 0 radical (unpaired) electrons. The van der Waals surface area contributed by atoms with Crippen LogP contribution in [0, 0.1) is 0 Å². The van der Waals surface area contributed by atoms with Crippen LogP contribution in [-0.4, -0.2) is 13.0 Å². The molecular formula is C19H17NO3. The number of methoxy groups -OCH3 is 1. The zero-order valence-electron chi connectivity index (χ0n) is 12.8. The molecule has 0 saturated heterocycles. The highest BCUT2D eigenvalue weighted by Gasteiger charge is 2.12. The Morgan fingerprint density at radius 2 is 1.91 bits per heavy atom. The van der Waals surface area contributed by atoms with Crippen molar-refractivity contribution >= 4 is 5.91 Å². The predicted molar refractivity (Wildman–Crippen MR) is 88.3 cm³/mol. The molecule has 23 heavy (non-hydrogen) atoms. The van der Waals surface area contributed by atoms with Gasteiger partial charge in [-0.3, -0.25) is 4.79 Å². The number of ether oxygens (including phenoxy) is 1. The van der Waals surface area contributed by atoms with Crippen molar-refractivity contribution < 1.29 is 13.9 Å². The third-order valence-electron chi connectivity index (χ3n) is 3.55. The lowest BCUT2D eigenvalue weighted by Crippen LogP contribution is -2.22. The molecule has 3 rings (SSSR count). The predicted octanol–water partition coefficient (Wildman–Crippen LogP) is 3.89. The Kier molecular flexibility index (Phi) is 4.43. The molecule has 1 N–H and O–H groups in total. The van der Waals surface area contributed by atoms with Gasteiger partial charge in [-0.2, -0.15) is 0 Å². The van der Waals surface area contributed by atoms with Crippen LogP contribution in [-0.2, 0) is 6.54 Å². The summed E-state index contributed by atoms with van der Waals surface area (Å²) in [5.74, 6) is 1.30. The molecule has 0 aliphatic carbocycles. The molecule has 0 aliphatic rings. The molecule has 0 spiro atoms. The minimum Gasteiger partial charge on any atom is -0.496 e. The van der Waals surface area contributed by atoms with E-state index in [2.05, 4.69) is 5.32 Å². The van der Waals surface area contributed by atoms with Gasteiger partial charge in [0, 0.05) is 11.1 Å². The molecule has 3 aromatic rings. The van der Waals surface area contributed by atoms with E-state index in [1.165, 1.54) is 0 Å².